The van der Waals surface area contributed by atoms with Crippen LogP contribution in [0.25, 0.3) is 21.5 Å². The summed E-state index contributed by atoms with van der Waals surface area (Å²) in [5.41, 5.74) is 3.19. The molecule has 0 saturated heterocycles. The van der Waals surface area contributed by atoms with Crippen molar-refractivity contribution in [3.63, 3.8) is 0 Å². The van der Waals surface area contributed by atoms with E-state index in [4.69, 9.17) is 0 Å². The molecular weight excluding hydrogens is 314 g/mol. The zero-order chi connectivity index (χ0) is 17.6. The van der Waals surface area contributed by atoms with E-state index < -0.39 is 11.8 Å². The molecule has 0 bridgehead atoms. The first-order valence-corrected chi connectivity index (χ1v) is 8.22. The smallest absolute Gasteiger partial charge is 0.329 e. The predicted molar refractivity (Wildman–Crippen MR) is 100 cm³/mol. The van der Waals surface area contributed by atoms with Crippen LogP contribution >= 0.6 is 0 Å². The first kappa shape index (κ1) is 16.6. The maximum Gasteiger partial charge on any atom is 0.329 e. The molecule has 3 aromatic carbocycles. The van der Waals surface area contributed by atoms with Crippen LogP contribution in [0.15, 0.2) is 59.7 Å². The minimum absolute atomic E-state index is 0.462. The molecule has 0 aromatic heterocycles. The Labute approximate surface area is 145 Å². The summed E-state index contributed by atoms with van der Waals surface area (Å²) in [6.07, 6.45) is 2.36. The maximum absolute atomic E-state index is 11.7. The first-order valence-electron chi connectivity index (χ1n) is 8.22. The van der Waals surface area contributed by atoms with Crippen LogP contribution in [0, 0.1) is 0 Å². The summed E-state index contributed by atoms with van der Waals surface area (Å²) in [5, 5.41) is 10.8. The SMILES string of the molecule is CCCNC(=O)C(=O)N/N=C\c1c2ccccc2cc2ccccc12. The summed E-state index contributed by atoms with van der Waals surface area (Å²) in [6.45, 7) is 2.38. The Morgan fingerprint density at radius 3 is 2.16 bits per heavy atom. The molecule has 126 valence electrons. The quantitative estimate of drug-likeness (QED) is 0.333. The lowest BCUT2D eigenvalue weighted by Crippen LogP contribution is -2.38. The molecule has 0 aliphatic carbocycles. The van der Waals surface area contributed by atoms with E-state index in [1.807, 2.05) is 55.5 Å². The summed E-state index contributed by atoms with van der Waals surface area (Å²) in [4.78, 5) is 23.3. The molecule has 0 saturated carbocycles. The van der Waals surface area contributed by atoms with Gasteiger partial charge in [0, 0.05) is 12.1 Å². The van der Waals surface area contributed by atoms with Crippen molar-refractivity contribution in [2.75, 3.05) is 6.54 Å². The van der Waals surface area contributed by atoms with Gasteiger partial charge in [0.1, 0.15) is 0 Å². The van der Waals surface area contributed by atoms with Gasteiger partial charge in [-0.1, -0.05) is 55.5 Å². The monoisotopic (exact) mass is 333 g/mol. The van der Waals surface area contributed by atoms with Gasteiger partial charge in [0.2, 0.25) is 0 Å². The molecule has 3 aromatic rings. The lowest BCUT2D eigenvalue weighted by molar-refractivity contribution is -0.139. The van der Waals surface area contributed by atoms with E-state index >= 15 is 0 Å². The first-order chi connectivity index (χ1) is 12.2. The highest BCUT2D eigenvalue weighted by Gasteiger charge is 2.11. The number of rotatable bonds is 4. The molecule has 0 aliphatic rings. The number of fused-ring (bicyclic) bond motifs is 2. The Morgan fingerprint density at radius 2 is 1.56 bits per heavy atom. The minimum atomic E-state index is -0.769. The van der Waals surface area contributed by atoms with Crippen LogP contribution in [0.5, 0.6) is 0 Å². The molecule has 5 heteroatoms. The van der Waals surface area contributed by atoms with Gasteiger partial charge in [0.25, 0.3) is 0 Å². The Kier molecular flexibility index (Phi) is 5.04. The Balaban J connectivity index is 1.91. The summed E-state index contributed by atoms with van der Waals surface area (Å²) in [5.74, 6) is -1.45. The van der Waals surface area contributed by atoms with E-state index in [9.17, 15) is 9.59 Å². The molecule has 0 unspecified atom stereocenters. The highest BCUT2D eigenvalue weighted by molar-refractivity contribution is 6.35. The van der Waals surface area contributed by atoms with Crippen LogP contribution in [0.1, 0.15) is 18.9 Å². The van der Waals surface area contributed by atoms with Gasteiger partial charge < -0.3 is 5.32 Å². The molecule has 0 aliphatic heterocycles. The molecule has 2 amide bonds. The normalized spacial score (nSPS) is 11.1. The van der Waals surface area contributed by atoms with Gasteiger partial charge >= 0.3 is 11.8 Å². The van der Waals surface area contributed by atoms with E-state index in [2.05, 4.69) is 21.9 Å². The van der Waals surface area contributed by atoms with Crippen molar-refractivity contribution < 1.29 is 9.59 Å². The largest absolute Gasteiger partial charge is 0.348 e. The second-order valence-electron chi connectivity index (χ2n) is 5.69. The fourth-order valence-corrected chi connectivity index (χ4v) is 2.71. The summed E-state index contributed by atoms with van der Waals surface area (Å²) >= 11 is 0. The highest BCUT2D eigenvalue weighted by atomic mass is 16.2. The van der Waals surface area contributed by atoms with Gasteiger partial charge in [0.05, 0.1) is 6.21 Å². The van der Waals surface area contributed by atoms with Crippen molar-refractivity contribution in [1.29, 1.82) is 0 Å². The number of hydrogen-bond donors (Lipinski definition) is 2. The average molecular weight is 333 g/mol. The van der Waals surface area contributed by atoms with Gasteiger partial charge in [-0.15, -0.1) is 0 Å². The molecule has 0 fully saturated rings. The van der Waals surface area contributed by atoms with Gasteiger partial charge in [-0.25, -0.2) is 5.43 Å². The molecule has 3 rings (SSSR count). The molecule has 0 atom stereocenters. The van der Waals surface area contributed by atoms with Gasteiger partial charge in [0.15, 0.2) is 0 Å². The van der Waals surface area contributed by atoms with Crippen molar-refractivity contribution in [2.45, 2.75) is 13.3 Å². The summed E-state index contributed by atoms with van der Waals surface area (Å²) < 4.78 is 0. The molecule has 0 heterocycles. The van der Waals surface area contributed by atoms with Crippen molar-refractivity contribution >= 4 is 39.6 Å². The van der Waals surface area contributed by atoms with Crippen molar-refractivity contribution in [2.24, 2.45) is 5.10 Å². The van der Waals surface area contributed by atoms with Crippen LogP contribution < -0.4 is 10.7 Å². The number of hydrazone groups is 1. The molecule has 5 nitrogen and oxygen atoms in total. The van der Waals surface area contributed by atoms with Crippen LogP contribution in [-0.2, 0) is 9.59 Å². The number of carbonyl (C=O) groups is 2. The molecule has 0 spiro atoms. The third kappa shape index (κ3) is 3.66. The van der Waals surface area contributed by atoms with E-state index in [1.165, 1.54) is 0 Å². The number of amides is 2. The Bertz CT molecular complexity index is 909. The topological polar surface area (TPSA) is 70.6 Å². The number of nitrogens with zero attached hydrogens (tertiary/aromatic N) is 1. The van der Waals surface area contributed by atoms with E-state index in [0.717, 1.165) is 33.5 Å². The lowest BCUT2D eigenvalue weighted by atomic mass is 9.97. The third-order valence-corrected chi connectivity index (χ3v) is 3.91. The standard InChI is InChI=1S/C20H19N3O2/c1-2-11-21-19(24)20(25)23-22-13-18-16-9-5-3-7-14(16)12-15-8-4-6-10-17(15)18/h3-10,12-13H,2,11H2,1H3,(H,21,24)(H,23,25)/b22-13-. The van der Waals surface area contributed by atoms with Crippen LogP contribution in [0.4, 0.5) is 0 Å². The van der Waals surface area contributed by atoms with Gasteiger partial charge in [-0.3, -0.25) is 9.59 Å². The van der Waals surface area contributed by atoms with Crippen molar-refractivity contribution in [3.05, 3.63) is 60.2 Å². The fraction of sp³-hybridized carbons (Fsp3) is 0.150. The third-order valence-electron chi connectivity index (χ3n) is 3.91. The van der Waals surface area contributed by atoms with Gasteiger partial charge in [-0.2, -0.15) is 5.10 Å². The predicted octanol–water partition coefficient (Wildman–Crippen LogP) is 2.97. The molecular formula is C20H19N3O2. The number of nitrogens with one attached hydrogen (secondary N) is 2. The summed E-state index contributed by atoms with van der Waals surface area (Å²) in [6, 6.07) is 18.1. The molecule has 2 N–H and O–H groups in total. The van der Waals surface area contributed by atoms with Gasteiger partial charge in [-0.05, 0) is 34.0 Å². The lowest BCUT2D eigenvalue weighted by Gasteiger charge is -2.08. The molecule has 25 heavy (non-hydrogen) atoms. The number of benzene rings is 3. The highest BCUT2D eigenvalue weighted by Crippen LogP contribution is 2.27. The Morgan fingerprint density at radius 1 is 0.960 bits per heavy atom. The zero-order valence-electron chi connectivity index (χ0n) is 14.0. The van der Waals surface area contributed by atoms with E-state index in [-0.39, 0.29) is 0 Å². The Hall–Kier alpha value is -3.21. The van der Waals surface area contributed by atoms with Crippen LogP contribution in [0.3, 0.4) is 0 Å². The van der Waals surface area contributed by atoms with Crippen molar-refractivity contribution in [3.8, 4) is 0 Å². The fourth-order valence-electron chi connectivity index (χ4n) is 2.71. The summed E-state index contributed by atoms with van der Waals surface area (Å²) in [7, 11) is 0. The second kappa shape index (κ2) is 7.57. The number of hydrogen-bond acceptors (Lipinski definition) is 3. The van der Waals surface area contributed by atoms with Crippen LogP contribution in [0.2, 0.25) is 0 Å². The average Bonchev–Trinajstić information content (AvgIpc) is 2.65. The zero-order valence-corrected chi connectivity index (χ0v) is 14.0. The number of carbonyl (C=O) groups excluding carboxylic acids is 2. The van der Waals surface area contributed by atoms with Crippen LogP contribution in [-0.4, -0.2) is 24.6 Å². The van der Waals surface area contributed by atoms with E-state index in [1.54, 1.807) is 6.21 Å². The van der Waals surface area contributed by atoms with Crippen molar-refractivity contribution in [1.82, 2.24) is 10.7 Å². The maximum atomic E-state index is 11.7. The second-order valence-corrected chi connectivity index (χ2v) is 5.69. The molecule has 0 radical (unpaired) electrons. The minimum Gasteiger partial charge on any atom is -0.348 e. The van der Waals surface area contributed by atoms with E-state index in [0.29, 0.717) is 6.54 Å².